The van der Waals surface area contributed by atoms with Crippen molar-refractivity contribution in [2.24, 2.45) is 11.7 Å². The number of aromatic nitrogens is 1. The molecule has 1 aliphatic rings. The van der Waals surface area contributed by atoms with Crippen molar-refractivity contribution in [1.29, 1.82) is 0 Å². The lowest BCUT2D eigenvalue weighted by atomic mass is 9.96. The molecule has 0 radical (unpaired) electrons. The number of oxazole rings is 1. The maximum absolute atomic E-state index is 5.46. The highest BCUT2D eigenvalue weighted by Crippen LogP contribution is 2.16. The normalized spacial score (nSPS) is 21.8. The van der Waals surface area contributed by atoms with Gasteiger partial charge in [-0.05, 0) is 38.4 Å². The third-order valence-corrected chi connectivity index (χ3v) is 2.86. The summed E-state index contributed by atoms with van der Waals surface area (Å²) in [6, 6.07) is 0. The van der Waals surface area contributed by atoms with Crippen molar-refractivity contribution in [1.82, 2.24) is 10.3 Å². The van der Waals surface area contributed by atoms with Crippen molar-refractivity contribution in [3.63, 3.8) is 0 Å². The fourth-order valence-corrected chi connectivity index (χ4v) is 2.05. The predicted octanol–water partition coefficient (Wildman–Crippen LogP) is 0.718. The summed E-state index contributed by atoms with van der Waals surface area (Å²) >= 11 is 0. The summed E-state index contributed by atoms with van der Waals surface area (Å²) in [6.07, 6.45) is 6.05. The van der Waals surface area contributed by atoms with Gasteiger partial charge in [-0.2, -0.15) is 0 Å². The SMILES string of the molecule is NCCc1coc(CC2CCCNC2)n1. The van der Waals surface area contributed by atoms with Gasteiger partial charge >= 0.3 is 0 Å². The smallest absolute Gasteiger partial charge is 0.194 e. The summed E-state index contributed by atoms with van der Waals surface area (Å²) in [6.45, 7) is 2.88. The summed E-state index contributed by atoms with van der Waals surface area (Å²) < 4.78 is 5.43. The maximum Gasteiger partial charge on any atom is 0.194 e. The van der Waals surface area contributed by atoms with Crippen molar-refractivity contribution in [2.75, 3.05) is 19.6 Å². The molecule has 0 amide bonds. The van der Waals surface area contributed by atoms with Gasteiger partial charge in [0.1, 0.15) is 6.26 Å². The van der Waals surface area contributed by atoms with Gasteiger partial charge < -0.3 is 15.5 Å². The molecular formula is C11H19N3O. The molecule has 1 unspecified atom stereocenters. The van der Waals surface area contributed by atoms with E-state index in [1.807, 2.05) is 0 Å². The van der Waals surface area contributed by atoms with Gasteiger partial charge in [-0.3, -0.25) is 0 Å². The van der Waals surface area contributed by atoms with E-state index in [4.69, 9.17) is 10.2 Å². The third kappa shape index (κ3) is 3.04. The van der Waals surface area contributed by atoms with Gasteiger partial charge in [0, 0.05) is 12.8 Å². The van der Waals surface area contributed by atoms with Gasteiger partial charge in [-0.25, -0.2) is 4.98 Å². The number of nitrogens with one attached hydrogen (secondary N) is 1. The summed E-state index contributed by atoms with van der Waals surface area (Å²) in [4.78, 5) is 4.42. The van der Waals surface area contributed by atoms with Crippen LogP contribution in [0.5, 0.6) is 0 Å². The zero-order valence-corrected chi connectivity index (χ0v) is 9.04. The molecule has 3 N–H and O–H groups in total. The molecule has 2 heterocycles. The van der Waals surface area contributed by atoms with E-state index < -0.39 is 0 Å². The van der Waals surface area contributed by atoms with Crippen LogP contribution in [0.25, 0.3) is 0 Å². The van der Waals surface area contributed by atoms with E-state index in [0.717, 1.165) is 37.5 Å². The molecular weight excluding hydrogens is 190 g/mol. The number of nitrogens with two attached hydrogens (primary N) is 1. The fourth-order valence-electron chi connectivity index (χ4n) is 2.05. The molecule has 1 fully saturated rings. The minimum Gasteiger partial charge on any atom is -0.449 e. The molecule has 0 aliphatic carbocycles. The molecule has 1 saturated heterocycles. The van der Waals surface area contributed by atoms with Crippen LogP contribution in [0, 0.1) is 5.92 Å². The third-order valence-electron chi connectivity index (χ3n) is 2.86. The highest BCUT2D eigenvalue weighted by Gasteiger charge is 2.16. The van der Waals surface area contributed by atoms with E-state index in [-0.39, 0.29) is 0 Å². The molecule has 1 aliphatic heterocycles. The van der Waals surface area contributed by atoms with Crippen molar-refractivity contribution < 1.29 is 4.42 Å². The average molecular weight is 209 g/mol. The number of hydrogen-bond acceptors (Lipinski definition) is 4. The Morgan fingerprint density at radius 2 is 2.53 bits per heavy atom. The van der Waals surface area contributed by atoms with Crippen LogP contribution in [-0.4, -0.2) is 24.6 Å². The first-order chi connectivity index (χ1) is 7.38. The molecule has 0 saturated carbocycles. The molecule has 15 heavy (non-hydrogen) atoms. The van der Waals surface area contributed by atoms with Crippen LogP contribution in [0.1, 0.15) is 24.4 Å². The Hall–Kier alpha value is -0.870. The predicted molar refractivity (Wildman–Crippen MR) is 58.6 cm³/mol. The molecule has 1 aromatic heterocycles. The first-order valence-electron chi connectivity index (χ1n) is 5.72. The standard InChI is InChI=1S/C11H19N3O/c12-4-3-10-8-15-11(14-10)6-9-2-1-5-13-7-9/h8-9,13H,1-7,12H2. The quantitative estimate of drug-likeness (QED) is 0.767. The maximum atomic E-state index is 5.46. The Balaban J connectivity index is 1.86. The highest BCUT2D eigenvalue weighted by atomic mass is 16.3. The second-order valence-electron chi connectivity index (χ2n) is 4.19. The van der Waals surface area contributed by atoms with Crippen LogP contribution in [0.15, 0.2) is 10.7 Å². The first kappa shape index (κ1) is 10.6. The lowest BCUT2D eigenvalue weighted by Crippen LogP contribution is -2.30. The Kier molecular flexibility index (Phi) is 3.75. The van der Waals surface area contributed by atoms with E-state index in [1.165, 1.54) is 12.8 Å². The van der Waals surface area contributed by atoms with Crippen molar-refractivity contribution in [3.05, 3.63) is 17.8 Å². The molecule has 1 aromatic rings. The van der Waals surface area contributed by atoms with Gasteiger partial charge in [0.05, 0.1) is 5.69 Å². The number of hydrogen-bond donors (Lipinski definition) is 2. The Labute approximate surface area is 90.2 Å². The molecule has 4 heteroatoms. The number of nitrogens with zero attached hydrogens (tertiary/aromatic N) is 1. The molecule has 4 nitrogen and oxygen atoms in total. The molecule has 84 valence electrons. The molecule has 0 spiro atoms. The highest BCUT2D eigenvalue weighted by molar-refractivity contribution is 4.98. The van der Waals surface area contributed by atoms with Gasteiger partial charge in [0.15, 0.2) is 5.89 Å². The van der Waals surface area contributed by atoms with Gasteiger partial charge in [-0.1, -0.05) is 0 Å². The first-order valence-corrected chi connectivity index (χ1v) is 5.72. The summed E-state index contributed by atoms with van der Waals surface area (Å²) in [5, 5.41) is 3.40. The molecule has 1 atom stereocenters. The second-order valence-corrected chi connectivity index (χ2v) is 4.19. The van der Waals surface area contributed by atoms with Gasteiger partial charge in [0.25, 0.3) is 0 Å². The monoisotopic (exact) mass is 209 g/mol. The van der Waals surface area contributed by atoms with E-state index in [1.54, 1.807) is 6.26 Å². The van der Waals surface area contributed by atoms with E-state index in [0.29, 0.717) is 12.5 Å². The molecule has 0 bridgehead atoms. The van der Waals surface area contributed by atoms with Crippen LogP contribution in [0.4, 0.5) is 0 Å². The largest absolute Gasteiger partial charge is 0.449 e. The van der Waals surface area contributed by atoms with Crippen molar-refractivity contribution in [2.45, 2.75) is 25.7 Å². The van der Waals surface area contributed by atoms with Crippen LogP contribution in [-0.2, 0) is 12.8 Å². The van der Waals surface area contributed by atoms with E-state index in [2.05, 4.69) is 10.3 Å². The lowest BCUT2D eigenvalue weighted by Gasteiger charge is -2.21. The summed E-state index contributed by atoms with van der Waals surface area (Å²) in [5.74, 6) is 1.55. The Morgan fingerprint density at radius 1 is 1.60 bits per heavy atom. The number of rotatable bonds is 4. The van der Waals surface area contributed by atoms with E-state index in [9.17, 15) is 0 Å². The Bertz CT molecular complexity index is 292. The minimum atomic E-state index is 0.636. The summed E-state index contributed by atoms with van der Waals surface area (Å²) in [5.41, 5.74) is 6.45. The molecule has 0 aromatic carbocycles. The van der Waals surface area contributed by atoms with Crippen molar-refractivity contribution >= 4 is 0 Å². The zero-order valence-electron chi connectivity index (χ0n) is 9.04. The lowest BCUT2D eigenvalue weighted by molar-refractivity contribution is 0.345. The molecule has 2 rings (SSSR count). The Morgan fingerprint density at radius 3 is 3.27 bits per heavy atom. The zero-order chi connectivity index (χ0) is 10.5. The van der Waals surface area contributed by atoms with Crippen LogP contribution >= 0.6 is 0 Å². The summed E-state index contributed by atoms with van der Waals surface area (Å²) in [7, 11) is 0. The van der Waals surface area contributed by atoms with Crippen LogP contribution in [0.2, 0.25) is 0 Å². The minimum absolute atomic E-state index is 0.636. The van der Waals surface area contributed by atoms with Gasteiger partial charge in [-0.15, -0.1) is 0 Å². The van der Waals surface area contributed by atoms with E-state index >= 15 is 0 Å². The van der Waals surface area contributed by atoms with Crippen LogP contribution < -0.4 is 11.1 Å². The van der Waals surface area contributed by atoms with Crippen LogP contribution in [0.3, 0.4) is 0 Å². The number of piperidine rings is 1. The average Bonchev–Trinajstić information content (AvgIpc) is 2.68. The van der Waals surface area contributed by atoms with Crippen molar-refractivity contribution in [3.8, 4) is 0 Å². The fraction of sp³-hybridized carbons (Fsp3) is 0.727. The second kappa shape index (κ2) is 5.28. The van der Waals surface area contributed by atoms with Gasteiger partial charge in [0.2, 0.25) is 0 Å². The topological polar surface area (TPSA) is 64.1 Å².